The molecular formula is C19H23N. The maximum atomic E-state index is 6.66. The van der Waals surface area contributed by atoms with E-state index in [1.165, 1.54) is 29.5 Å². The number of benzene rings is 2. The lowest BCUT2D eigenvalue weighted by atomic mass is 9.73. The first kappa shape index (κ1) is 13.4. The molecule has 0 heterocycles. The van der Waals surface area contributed by atoms with Crippen molar-refractivity contribution in [2.45, 2.75) is 38.1 Å². The summed E-state index contributed by atoms with van der Waals surface area (Å²) in [6.45, 7) is 2.32. The summed E-state index contributed by atoms with van der Waals surface area (Å²) in [5.41, 5.74) is 10.4. The van der Waals surface area contributed by atoms with Crippen molar-refractivity contribution in [3.63, 3.8) is 0 Å². The van der Waals surface area contributed by atoms with Crippen molar-refractivity contribution in [3.05, 3.63) is 60.2 Å². The van der Waals surface area contributed by atoms with E-state index in [2.05, 4.69) is 61.5 Å². The van der Waals surface area contributed by atoms with Gasteiger partial charge in [-0.05, 0) is 35.4 Å². The highest BCUT2D eigenvalue weighted by atomic mass is 14.7. The normalized spacial score (nSPS) is 26.4. The largest absolute Gasteiger partial charge is 0.321 e. The van der Waals surface area contributed by atoms with Crippen LogP contribution in [0.3, 0.4) is 0 Å². The number of nitrogens with two attached hydrogens (primary N) is 1. The molecule has 1 saturated carbocycles. The Morgan fingerprint density at radius 2 is 1.60 bits per heavy atom. The van der Waals surface area contributed by atoms with Crippen LogP contribution in [0.5, 0.6) is 0 Å². The monoisotopic (exact) mass is 265 g/mol. The standard InChI is InChI=1S/C19H23N/c1-15-6-5-13-19(20,14-15)18-11-9-17(10-12-18)16-7-3-2-4-8-16/h2-4,7-12,15H,5-6,13-14,20H2,1H3. The number of hydrogen-bond acceptors (Lipinski definition) is 1. The van der Waals surface area contributed by atoms with Gasteiger partial charge in [0.2, 0.25) is 0 Å². The lowest BCUT2D eigenvalue weighted by Crippen LogP contribution is -2.40. The van der Waals surface area contributed by atoms with Gasteiger partial charge >= 0.3 is 0 Å². The summed E-state index contributed by atoms with van der Waals surface area (Å²) in [4.78, 5) is 0. The lowest BCUT2D eigenvalue weighted by Gasteiger charge is -2.37. The predicted molar refractivity (Wildman–Crippen MR) is 85.4 cm³/mol. The molecule has 2 aromatic carbocycles. The van der Waals surface area contributed by atoms with E-state index < -0.39 is 0 Å². The maximum Gasteiger partial charge on any atom is 0.0412 e. The van der Waals surface area contributed by atoms with Crippen LogP contribution in [-0.2, 0) is 5.54 Å². The predicted octanol–water partition coefficient (Wildman–Crippen LogP) is 4.72. The summed E-state index contributed by atoms with van der Waals surface area (Å²) in [6, 6.07) is 19.4. The summed E-state index contributed by atoms with van der Waals surface area (Å²) in [5.74, 6) is 0.738. The van der Waals surface area contributed by atoms with Crippen LogP contribution in [0, 0.1) is 5.92 Å². The first-order valence-electron chi connectivity index (χ1n) is 7.62. The van der Waals surface area contributed by atoms with E-state index in [-0.39, 0.29) is 5.54 Å². The SMILES string of the molecule is CC1CCCC(N)(c2ccc(-c3ccccc3)cc2)C1. The molecule has 1 fully saturated rings. The molecule has 104 valence electrons. The van der Waals surface area contributed by atoms with E-state index in [0.717, 1.165) is 18.8 Å². The van der Waals surface area contributed by atoms with E-state index in [1.54, 1.807) is 0 Å². The number of hydrogen-bond donors (Lipinski definition) is 1. The molecule has 1 heteroatoms. The zero-order valence-corrected chi connectivity index (χ0v) is 12.2. The molecule has 0 amide bonds. The van der Waals surface area contributed by atoms with Crippen LogP contribution in [0.2, 0.25) is 0 Å². The van der Waals surface area contributed by atoms with E-state index in [9.17, 15) is 0 Å². The van der Waals surface area contributed by atoms with Gasteiger partial charge in [-0.15, -0.1) is 0 Å². The summed E-state index contributed by atoms with van der Waals surface area (Å²) in [5, 5.41) is 0. The van der Waals surface area contributed by atoms with Gasteiger partial charge in [-0.25, -0.2) is 0 Å². The molecule has 1 nitrogen and oxygen atoms in total. The Morgan fingerprint density at radius 1 is 0.950 bits per heavy atom. The minimum atomic E-state index is -0.118. The highest BCUT2D eigenvalue weighted by molar-refractivity contribution is 5.63. The van der Waals surface area contributed by atoms with Crippen LogP contribution in [0.4, 0.5) is 0 Å². The van der Waals surface area contributed by atoms with Crippen molar-refractivity contribution >= 4 is 0 Å². The van der Waals surface area contributed by atoms with E-state index in [1.807, 2.05) is 0 Å². The van der Waals surface area contributed by atoms with Crippen LogP contribution >= 0.6 is 0 Å². The molecule has 0 aromatic heterocycles. The molecule has 1 aliphatic carbocycles. The third-order valence-electron chi connectivity index (χ3n) is 4.60. The van der Waals surface area contributed by atoms with Gasteiger partial charge in [-0.1, -0.05) is 74.4 Å². The molecular weight excluding hydrogens is 242 g/mol. The first-order valence-corrected chi connectivity index (χ1v) is 7.62. The van der Waals surface area contributed by atoms with Crippen molar-refractivity contribution in [1.29, 1.82) is 0 Å². The summed E-state index contributed by atoms with van der Waals surface area (Å²) in [6.07, 6.45) is 4.79. The van der Waals surface area contributed by atoms with Gasteiger partial charge in [-0.3, -0.25) is 0 Å². The molecule has 0 aliphatic heterocycles. The Morgan fingerprint density at radius 3 is 2.25 bits per heavy atom. The molecule has 0 saturated heterocycles. The second-order valence-corrected chi connectivity index (χ2v) is 6.30. The van der Waals surface area contributed by atoms with Crippen LogP contribution < -0.4 is 5.73 Å². The van der Waals surface area contributed by atoms with Crippen molar-refractivity contribution in [2.24, 2.45) is 11.7 Å². The minimum Gasteiger partial charge on any atom is -0.321 e. The topological polar surface area (TPSA) is 26.0 Å². The molecule has 2 atom stereocenters. The molecule has 0 bridgehead atoms. The average molecular weight is 265 g/mol. The molecule has 2 unspecified atom stereocenters. The van der Waals surface area contributed by atoms with Gasteiger partial charge in [0.1, 0.15) is 0 Å². The van der Waals surface area contributed by atoms with Crippen LogP contribution in [-0.4, -0.2) is 0 Å². The zero-order valence-electron chi connectivity index (χ0n) is 12.2. The first-order chi connectivity index (χ1) is 9.67. The smallest absolute Gasteiger partial charge is 0.0412 e. The highest BCUT2D eigenvalue weighted by Crippen LogP contribution is 2.38. The Hall–Kier alpha value is -1.60. The second-order valence-electron chi connectivity index (χ2n) is 6.30. The van der Waals surface area contributed by atoms with Crippen molar-refractivity contribution < 1.29 is 0 Å². The molecule has 1 aliphatic rings. The lowest BCUT2D eigenvalue weighted by molar-refractivity contribution is 0.239. The second kappa shape index (κ2) is 5.41. The van der Waals surface area contributed by atoms with Crippen molar-refractivity contribution in [3.8, 4) is 11.1 Å². The third-order valence-corrected chi connectivity index (χ3v) is 4.60. The third kappa shape index (κ3) is 2.64. The van der Waals surface area contributed by atoms with Gasteiger partial charge in [0, 0.05) is 5.54 Å². The Labute approximate surface area is 121 Å². The van der Waals surface area contributed by atoms with E-state index in [4.69, 9.17) is 5.73 Å². The van der Waals surface area contributed by atoms with Crippen molar-refractivity contribution in [2.75, 3.05) is 0 Å². The van der Waals surface area contributed by atoms with Gasteiger partial charge in [0.15, 0.2) is 0 Å². The fourth-order valence-electron chi connectivity index (χ4n) is 3.48. The quantitative estimate of drug-likeness (QED) is 0.835. The fourth-order valence-corrected chi connectivity index (χ4v) is 3.48. The fraction of sp³-hybridized carbons (Fsp3) is 0.368. The summed E-state index contributed by atoms with van der Waals surface area (Å²) < 4.78 is 0. The molecule has 3 rings (SSSR count). The Balaban J connectivity index is 1.86. The minimum absolute atomic E-state index is 0.118. The van der Waals surface area contributed by atoms with Crippen molar-refractivity contribution in [1.82, 2.24) is 0 Å². The van der Waals surface area contributed by atoms with E-state index in [0.29, 0.717) is 0 Å². The van der Waals surface area contributed by atoms with Gasteiger partial charge in [0.25, 0.3) is 0 Å². The Kier molecular flexibility index (Phi) is 3.62. The van der Waals surface area contributed by atoms with Gasteiger partial charge < -0.3 is 5.73 Å². The summed E-state index contributed by atoms with van der Waals surface area (Å²) in [7, 11) is 0. The highest BCUT2D eigenvalue weighted by Gasteiger charge is 2.32. The van der Waals surface area contributed by atoms with Crippen LogP contribution in [0.25, 0.3) is 11.1 Å². The average Bonchev–Trinajstić information content (AvgIpc) is 2.48. The van der Waals surface area contributed by atoms with E-state index >= 15 is 0 Å². The molecule has 2 aromatic rings. The van der Waals surface area contributed by atoms with Crippen LogP contribution in [0.15, 0.2) is 54.6 Å². The molecule has 2 N–H and O–H groups in total. The molecule has 20 heavy (non-hydrogen) atoms. The van der Waals surface area contributed by atoms with Gasteiger partial charge in [0.05, 0.1) is 0 Å². The molecule has 0 spiro atoms. The Bertz CT molecular complexity index is 558. The maximum absolute atomic E-state index is 6.66. The van der Waals surface area contributed by atoms with Gasteiger partial charge in [-0.2, -0.15) is 0 Å². The van der Waals surface area contributed by atoms with Crippen LogP contribution in [0.1, 0.15) is 38.2 Å². The molecule has 0 radical (unpaired) electrons. The zero-order chi connectivity index (χ0) is 14.0. The number of rotatable bonds is 2. The summed E-state index contributed by atoms with van der Waals surface area (Å²) >= 11 is 0.